The van der Waals surface area contributed by atoms with Gasteiger partial charge in [-0.3, -0.25) is 4.79 Å². The van der Waals surface area contributed by atoms with E-state index in [4.69, 9.17) is 17.3 Å². The lowest BCUT2D eigenvalue weighted by molar-refractivity contribution is 0.102. The number of amides is 1. The van der Waals surface area contributed by atoms with Crippen molar-refractivity contribution in [2.75, 3.05) is 11.1 Å². The van der Waals surface area contributed by atoms with Crippen molar-refractivity contribution in [3.05, 3.63) is 58.6 Å². The minimum atomic E-state index is -1.10. The summed E-state index contributed by atoms with van der Waals surface area (Å²) in [4.78, 5) is 11.9. The summed E-state index contributed by atoms with van der Waals surface area (Å²) >= 11 is 5.89. The zero-order chi connectivity index (χ0) is 14.0. The van der Waals surface area contributed by atoms with Crippen LogP contribution in [0, 0.1) is 11.6 Å². The molecular weight excluding hydrogens is 274 g/mol. The van der Waals surface area contributed by atoms with E-state index in [1.54, 1.807) is 18.2 Å². The summed E-state index contributed by atoms with van der Waals surface area (Å²) in [6.45, 7) is 0. The number of anilines is 2. The largest absolute Gasteiger partial charge is 0.397 e. The van der Waals surface area contributed by atoms with E-state index in [-0.39, 0.29) is 22.0 Å². The molecule has 0 spiro atoms. The van der Waals surface area contributed by atoms with Crippen LogP contribution in [0.5, 0.6) is 0 Å². The SMILES string of the molecule is Nc1cccc(Cl)c1NC(=O)c1ccc(F)c(F)c1. The van der Waals surface area contributed by atoms with E-state index in [2.05, 4.69) is 5.32 Å². The average molecular weight is 283 g/mol. The molecule has 0 atom stereocenters. The van der Waals surface area contributed by atoms with Crippen LogP contribution in [0.2, 0.25) is 5.02 Å². The molecule has 3 N–H and O–H groups in total. The molecule has 2 rings (SSSR count). The summed E-state index contributed by atoms with van der Waals surface area (Å²) in [6.07, 6.45) is 0. The van der Waals surface area contributed by atoms with Crippen molar-refractivity contribution in [3.63, 3.8) is 0 Å². The van der Waals surface area contributed by atoms with Gasteiger partial charge in [0.1, 0.15) is 0 Å². The summed E-state index contributed by atoms with van der Waals surface area (Å²) in [7, 11) is 0. The molecule has 0 unspecified atom stereocenters. The predicted octanol–water partition coefficient (Wildman–Crippen LogP) is 3.45. The Balaban J connectivity index is 2.28. The van der Waals surface area contributed by atoms with E-state index in [1.165, 1.54) is 6.07 Å². The van der Waals surface area contributed by atoms with Crippen molar-refractivity contribution in [1.29, 1.82) is 0 Å². The molecule has 0 bridgehead atoms. The second-order valence-electron chi connectivity index (χ2n) is 3.79. The summed E-state index contributed by atoms with van der Waals surface area (Å²) in [6, 6.07) is 7.59. The van der Waals surface area contributed by atoms with Gasteiger partial charge in [-0.2, -0.15) is 0 Å². The van der Waals surface area contributed by atoms with Gasteiger partial charge in [0.2, 0.25) is 0 Å². The number of benzene rings is 2. The number of nitrogens with two attached hydrogens (primary N) is 1. The van der Waals surface area contributed by atoms with E-state index in [9.17, 15) is 13.6 Å². The van der Waals surface area contributed by atoms with Crippen LogP contribution < -0.4 is 11.1 Å². The molecule has 6 heteroatoms. The number of halogens is 3. The first-order valence-corrected chi connectivity index (χ1v) is 5.67. The van der Waals surface area contributed by atoms with Crippen LogP contribution in [0.4, 0.5) is 20.2 Å². The number of carbonyl (C=O) groups is 1. The quantitative estimate of drug-likeness (QED) is 0.829. The van der Waals surface area contributed by atoms with Crippen LogP contribution in [-0.4, -0.2) is 5.91 Å². The van der Waals surface area contributed by atoms with Gasteiger partial charge in [-0.1, -0.05) is 17.7 Å². The predicted molar refractivity (Wildman–Crippen MR) is 70.2 cm³/mol. The summed E-state index contributed by atoms with van der Waals surface area (Å²) in [5.74, 6) is -2.74. The first kappa shape index (κ1) is 13.3. The van der Waals surface area contributed by atoms with E-state index >= 15 is 0 Å². The summed E-state index contributed by atoms with van der Waals surface area (Å²) < 4.78 is 25.8. The molecule has 0 aliphatic carbocycles. The third-order valence-electron chi connectivity index (χ3n) is 2.47. The molecule has 2 aromatic rings. The first-order chi connectivity index (χ1) is 8.99. The van der Waals surface area contributed by atoms with Crippen LogP contribution in [0.25, 0.3) is 0 Å². The number of nitrogens with one attached hydrogen (secondary N) is 1. The molecule has 3 nitrogen and oxygen atoms in total. The molecule has 98 valence electrons. The molecule has 0 aliphatic heterocycles. The smallest absolute Gasteiger partial charge is 0.255 e. The molecule has 0 fully saturated rings. The highest BCUT2D eigenvalue weighted by molar-refractivity contribution is 6.34. The molecule has 19 heavy (non-hydrogen) atoms. The first-order valence-electron chi connectivity index (χ1n) is 5.29. The van der Waals surface area contributed by atoms with Crippen molar-refractivity contribution < 1.29 is 13.6 Å². The molecule has 0 aromatic heterocycles. The lowest BCUT2D eigenvalue weighted by atomic mass is 10.2. The highest BCUT2D eigenvalue weighted by atomic mass is 35.5. The number of carbonyl (C=O) groups excluding carboxylic acids is 1. The van der Waals surface area contributed by atoms with Crippen LogP contribution in [0.3, 0.4) is 0 Å². The van der Waals surface area contributed by atoms with Gasteiger partial charge >= 0.3 is 0 Å². The Bertz CT molecular complexity index is 626. The van der Waals surface area contributed by atoms with Crippen LogP contribution >= 0.6 is 11.6 Å². The molecular formula is C13H9ClF2N2O. The van der Waals surface area contributed by atoms with Gasteiger partial charge in [-0.15, -0.1) is 0 Å². The third kappa shape index (κ3) is 2.82. The lowest BCUT2D eigenvalue weighted by Gasteiger charge is -2.10. The fourth-order valence-corrected chi connectivity index (χ4v) is 1.72. The lowest BCUT2D eigenvalue weighted by Crippen LogP contribution is -2.14. The van der Waals surface area contributed by atoms with E-state index in [0.29, 0.717) is 0 Å². The van der Waals surface area contributed by atoms with Crippen molar-refractivity contribution in [1.82, 2.24) is 0 Å². The Hall–Kier alpha value is -2.14. The van der Waals surface area contributed by atoms with E-state index in [1.807, 2.05) is 0 Å². The molecule has 0 heterocycles. The van der Waals surface area contributed by atoms with Crippen molar-refractivity contribution in [2.45, 2.75) is 0 Å². The van der Waals surface area contributed by atoms with Gasteiger partial charge in [-0.05, 0) is 30.3 Å². The maximum absolute atomic E-state index is 13.0. The van der Waals surface area contributed by atoms with Gasteiger partial charge in [0.25, 0.3) is 5.91 Å². The highest BCUT2D eigenvalue weighted by Gasteiger charge is 2.13. The van der Waals surface area contributed by atoms with E-state index in [0.717, 1.165) is 12.1 Å². The van der Waals surface area contributed by atoms with Crippen LogP contribution in [0.15, 0.2) is 36.4 Å². The van der Waals surface area contributed by atoms with Gasteiger partial charge < -0.3 is 11.1 Å². The Morgan fingerprint density at radius 3 is 2.53 bits per heavy atom. The second-order valence-corrected chi connectivity index (χ2v) is 4.19. The normalized spacial score (nSPS) is 10.3. The number of hydrogen-bond donors (Lipinski definition) is 2. The summed E-state index contributed by atoms with van der Waals surface area (Å²) in [5.41, 5.74) is 6.16. The Morgan fingerprint density at radius 1 is 1.16 bits per heavy atom. The van der Waals surface area contributed by atoms with Gasteiger partial charge in [0, 0.05) is 5.56 Å². The highest BCUT2D eigenvalue weighted by Crippen LogP contribution is 2.28. The minimum absolute atomic E-state index is 0.0294. The third-order valence-corrected chi connectivity index (χ3v) is 2.78. The zero-order valence-electron chi connectivity index (χ0n) is 9.58. The average Bonchev–Trinajstić information content (AvgIpc) is 2.37. The topological polar surface area (TPSA) is 55.1 Å². The van der Waals surface area contributed by atoms with Gasteiger partial charge in [0.05, 0.1) is 16.4 Å². The van der Waals surface area contributed by atoms with Gasteiger partial charge in [-0.25, -0.2) is 8.78 Å². The second kappa shape index (κ2) is 5.24. The maximum Gasteiger partial charge on any atom is 0.255 e. The number of hydrogen-bond acceptors (Lipinski definition) is 2. The molecule has 0 saturated heterocycles. The number of nitrogen functional groups attached to an aromatic ring is 1. The van der Waals surface area contributed by atoms with Crippen molar-refractivity contribution in [2.24, 2.45) is 0 Å². The summed E-state index contributed by atoms with van der Waals surface area (Å²) in [5, 5.41) is 2.72. The van der Waals surface area contributed by atoms with Crippen LogP contribution in [-0.2, 0) is 0 Å². The zero-order valence-corrected chi connectivity index (χ0v) is 10.3. The molecule has 0 radical (unpaired) electrons. The fourth-order valence-electron chi connectivity index (χ4n) is 1.50. The Morgan fingerprint density at radius 2 is 1.89 bits per heavy atom. The van der Waals surface area contributed by atoms with Crippen molar-refractivity contribution in [3.8, 4) is 0 Å². The molecule has 1 amide bonds. The standard InChI is InChI=1S/C13H9ClF2N2O/c14-8-2-1-3-11(17)12(8)18-13(19)7-4-5-9(15)10(16)6-7/h1-6H,17H2,(H,18,19). The van der Waals surface area contributed by atoms with E-state index < -0.39 is 17.5 Å². The van der Waals surface area contributed by atoms with Gasteiger partial charge in [0.15, 0.2) is 11.6 Å². The maximum atomic E-state index is 13.0. The number of rotatable bonds is 2. The minimum Gasteiger partial charge on any atom is -0.397 e. The monoisotopic (exact) mass is 282 g/mol. The molecule has 2 aromatic carbocycles. The molecule has 0 saturated carbocycles. The number of para-hydroxylation sites is 1. The van der Waals surface area contributed by atoms with Crippen LogP contribution in [0.1, 0.15) is 10.4 Å². The Kier molecular flexibility index (Phi) is 3.66. The van der Waals surface area contributed by atoms with Crippen molar-refractivity contribution >= 4 is 28.9 Å². The Labute approximate surface area is 113 Å². The fraction of sp³-hybridized carbons (Fsp3) is 0. The molecule has 0 aliphatic rings.